The van der Waals surface area contributed by atoms with Crippen LogP contribution in [0.15, 0.2) is 60.8 Å². The van der Waals surface area contributed by atoms with Crippen molar-refractivity contribution in [3.05, 3.63) is 71.9 Å². The van der Waals surface area contributed by atoms with E-state index in [-0.39, 0.29) is 29.4 Å². The van der Waals surface area contributed by atoms with Crippen LogP contribution >= 0.6 is 0 Å². The minimum Gasteiger partial charge on any atom is -0.507 e. The number of amides is 1. The molecule has 30 heavy (non-hydrogen) atoms. The second-order valence-corrected chi connectivity index (χ2v) is 7.06. The maximum absolute atomic E-state index is 12.6. The third-order valence-corrected chi connectivity index (χ3v) is 5.11. The number of aryl methyl sites for hydroxylation is 1. The Labute approximate surface area is 176 Å². The molecule has 3 aromatic rings. The van der Waals surface area contributed by atoms with E-state index in [1.807, 2.05) is 37.3 Å². The number of anilines is 2. The predicted molar refractivity (Wildman–Crippen MR) is 119 cm³/mol. The lowest BCUT2D eigenvalue weighted by Crippen LogP contribution is -2.24. The molecule has 6 nitrogen and oxygen atoms in total. The maximum Gasteiger partial charge on any atom is 0.226 e. The Morgan fingerprint density at radius 1 is 1.07 bits per heavy atom. The summed E-state index contributed by atoms with van der Waals surface area (Å²) in [5.74, 6) is 0.243. The quantitative estimate of drug-likeness (QED) is 0.576. The summed E-state index contributed by atoms with van der Waals surface area (Å²) < 4.78 is 0. The van der Waals surface area contributed by atoms with Crippen LogP contribution in [0, 0.1) is 0 Å². The molecule has 0 unspecified atom stereocenters. The first-order valence-corrected chi connectivity index (χ1v) is 9.83. The highest BCUT2D eigenvalue weighted by Gasteiger charge is 2.14. The molecule has 0 saturated heterocycles. The van der Waals surface area contributed by atoms with Crippen molar-refractivity contribution >= 4 is 23.2 Å². The van der Waals surface area contributed by atoms with E-state index in [4.69, 9.17) is 5.73 Å². The number of aromatic nitrogens is 1. The topological polar surface area (TPSA) is 96.5 Å². The van der Waals surface area contributed by atoms with Crippen molar-refractivity contribution in [1.82, 2.24) is 4.98 Å². The van der Waals surface area contributed by atoms with Gasteiger partial charge < -0.3 is 15.7 Å². The highest BCUT2D eigenvalue weighted by Crippen LogP contribution is 2.29. The first-order valence-electron chi connectivity index (χ1n) is 9.83. The molecule has 1 amide bonds. The molecule has 0 aliphatic carbocycles. The molecule has 6 heteroatoms. The average Bonchev–Trinajstić information content (AvgIpc) is 2.77. The Bertz CT molecular complexity index is 1060. The van der Waals surface area contributed by atoms with Crippen LogP contribution in [-0.4, -0.2) is 28.8 Å². The van der Waals surface area contributed by atoms with Gasteiger partial charge in [0.05, 0.1) is 5.56 Å². The molecule has 0 bridgehead atoms. The van der Waals surface area contributed by atoms with Gasteiger partial charge in [0.1, 0.15) is 11.6 Å². The number of hydrogen-bond acceptors (Lipinski definition) is 5. The van der Waals surface area contributed by atoms with Crippen molar-refractivity contribution in [1.29, 1.82) is 0 Å². The minimum atomic E-state index is -0.155. The Morgan fingerprint density at radius 3 is 2.40 bits per heavy atom. The van der Waals surface area contributed by atoms with Gasteiger partial charge in [0.15, 0.2) is 5.78 Å². The number of pyridine rings is 1. The SMILES string of the molecule is CCC(=O)N(C)c1ccc(-c2ccc(C(=O)CCc3cccnc3N)c(O)c2)cc1. The molecule has 2 aromatic carbocycles. The largest absolute Gasteiger partial charge is 0.507 e. The number of phenols is 1. The molecule has 1 aromatic heterocycles. The van der Waals surface area contributed by atoms with E-state index < -0.39 is 0 Å². The van der Waals surface area contributed by atoms with Gasteiger partial charge in [-0.25, -0.2) is 4.98 Å². The van der Waals surface area contributed by atoms with Crippen molar-refractivity contribution in [2.75, 3.05) is 17.7 Å². The molecule has 0 aliphatic rings. The van der Waals surface area contributed by atoms with E-state index in [9.17, 15) is 14.7 Å². The van der Waals surface area contributed by atoms with Crippen LogP contribution in [0.5, 0.6) is 5.75 Å². The lowest BCUT2D eigenvalue weighted by Gasteiger charge is -2.17. The zero-order valence-electron chi connectivity index (χ0n) is 17.1. The smallest absolute Gasteiger partial charge is 0.226 e. The van der Waals surface area contributed by atoms with Crippen LogP contribution in [0.3, 0.4) is 0 Å². The Kier molecular flexibility index (Phi) is 6.47. The third-order valence-electron chi connectivity index (χ3n) is 5.11. The summed E-state index contributed by atoms with van der Waals surface area (Å²) in [6, 6.07) is 16.1. The van der Waals surface area contributed by atoms with Crippen LogP contribution in [0.2, 0.25) is 0 Å². The summed E-state index contributed by atoms with van der Waals surface area (Å²) in [7, 11) is 1.74. The Hall–Kier alpha value is -3.67. The number of rotatable bonds is 7. The number of aromatic hydroxyl groups is 1. The van der Waals surface area contributed by atoms with Crippen molar-refractivity contribution in [2.24, 2.45) is 0 Å². The highest BCUT2D eigenvalue weighted by molar-refractivity contribution is 5.99. The molecule has 0 aliphatic heterocycles. The first kappa shape index (κ1) is 21.0. The van der Waals surface area contributed by atoms with Gasteiger partial charge in [-0.3, -0.25) is 9.59 Å². The number of phenolic OH excluding ortho intramolecular Hbond substituents is 1. The molecule has 3 rings (SSSR count). The van der Waals surface area contributed by atoms with Gasteiger partial charge in [0.2, 0.25) is 5.91 Å². The van der Waals surface area contributed by atoms with Crippen molar-refractivity contribution < 1.29 is 14.7 Å². The van der Waals surface area contributed by atoms with Crippen LogP contribution in [0.1, 0.15) is 35.7 Å². The van der Waals surface area contributed by atoms with E-state index in [2.05, 4.69) is 4.98 Å². The van der Waals surface area contributed by atoms with E-state index in [1.54, 1.807) is 42.4 Å². The van der Waals surface area contributed by atoms with Crippen LogP contribution < -0.4 is 10.6 Å². The standard InChI is InChI=1S/C24H25N3O3/c1-3-23(30)27(2)19-10-6-16(7-11-19)18-8-12-20(22(29)15-18)21(28)13-9-17-5-4-14-26-24(17)25/h4-8,10-12,14-15,29H,3,9,13H2,1-2H3,(H2,25,26). The number of nitrogen functional groups attached to an aromatic ring is 1. The van der Waals surface area contributed by atoms with E-state index in [0.29, 0.717) is 18.7 Å². The number of nitrogens with zero attached hydrogens (tertiary/aromatic N) is 2. The van der Waals surface area contributed by atoms with Gasteiger partial charge in [-0.2, -0.15) is 0 Å². The number of ketones is 1. The Balaban J connectivity index is 1.72. The van der Waals surface area contributed by atoms with E-state index >= 15 is 0 Å². The number of Topliss-reactive ketones (excluding diaryl/α,β-unsaturated/α-hetero) is 1. The highest BCUT2D eigenvalue weighted by atomic mass is 16.3. The molecule has 0 atom stereocenters. The van der Waals surface area contributed by atoms with Gasteiger partial charge >= 0.3 is 0 Å². The molecule has 3 N–H and O–H groups in total. The first-order chi connectivity index (χ1) is 14.4. The summed E-state index contributed by atoms with van der Waals surface area (Å²) in [6.45, 7) is 1.82. The molecule has 154 valence electrons. The molecule has 0 saturated carbocycles. The normalized spacial score (nSPS) is 10.6. The second-order valence-electron chi connectivity index (χ2n) is 7.06. The molecular weight excluding hydrogens is 378 g/mol. The zero-order chi connectivity index (χ0) is 21.7. The van der Waals surface area contributed by atoms with Gasteiger partial charge in [0.25, 0.3) is 0 Å². The second kappa shape index (κ2) is 9.22. The number of benzene rings is 2. The Morgan fingerprint density at radius 2 is 1.77 bits per heavy atom. The van der Waals surface area contributed by atoms with Crippen molar-refractivity contribution in [3.8, 4) is 16.9 Å². The number of carbonyl (C=O) groups is 2. The fourth-order valence-corrected chi connectivity index (χ4v) is 3.25. The van der Waals surface area contributed by atoms with Crippen LogP contribution in [0.25, 0.3) is 11.1 Å². The monoisotopic (exact) mass is 403 g/mol. The summed E-state index contributed by atoms with van der Waals surface area (Å²) in [4.78, 5) is 30.0. The molecule has 0 spiro atoms. The van der Waals surface area contributed by atoms with Gasteiger partial charge in [0, 0.05) is 31.8 Å². The van der Waals surface area contributed by atoms with Gasteiger partial charge in [-0.05, 0) is 53.4 Å². The summed E-state index contributed by atoms with van der Waals surface area (Å²) in [6.07, 6.45) is 2.74. The fourth-order valence-electron chi connectivity index (χ4n) is 3.25. The molecule has 0 radical (unpaired) electrons. The maximum atomic E-state index is 12.6. The van der Waals surface area contributed by atoms with Crippen molar-refractivity contribution in [2.45, 2.75) is 26.2 Å². The lowest BCUT2D eigenvalue weighted by atomic mass is 9.98. The zero-order valence-corrected chi connectivity index (χ0v) is 17.1. The van der Waals surface area contributed by atoms with Crippen molar-refractivity contribution in [3.63, 3.8) is 0 Å². The van der Waals surface area contributed by atoms with Crippen LogP contribution in [0.4, 0.5) is 11.5 Å². The van der Waals surface area contributed by atoms with Gasteiger partial charge in [-0.1, -0.05) is 31.2 Å². The predicted octanol–water partition coefficient (Wildman–Crippen LogP) is 4.22. The summed E-state index contributed by atoms with van der Waals surface area (Å²) in [5, 5.41) is 10.4. The number of hydrogen-bond donors (Lipinski definition) is 2. The minimum absolute atomic E-state index is 0.0382. The summed E-state index contributed by atoms with van der Waals surface area (Å²) in [5.41, 5.74) is 9.39. The molecular formula is C24H25N3O3. The lowest BCUT2D eigenvalue weighted by molar-refractivity contribution is -0.118. The van der Waals surface area contributed by atoms with E-state index in [0.717, 1.165) is 22.4 Å². The third kappa shape index (κ3) is 4.66. The number of nitrogens with two attached hydrogens (primary N) is 1. The fraction of sp³-hybridized carbons (Fsp3) is 0.208. The van der Waals surface area contributed by atoms with Crippen LogP contribution in [-0.2, 0) is 11.2 Å². The van der Waals surface area contributed by atoms with E-state index in [1.165, 1.54) is 0 Å². The molecule has 0 fully saturated rings. The van der Waals surface area contributed by atoms with Gasteiger partial charge in [-0.15, -0.1) is 0 Å². The number of carbonyl (C=O) groups excluding carboxylic acids is 2. The summed E-state index contributed by atoms with van der Waals surface area (Å²) >= 11 is 0. The molecule has 1 heterocycles. The average molecular weight is 403 g/mol.